The van der Waals surface area contributed by atoms with Crippen molar-refractivity contribution < 1.29 is 4.39 Å². The number of hydrogen-bond acceptors (Lipinski definition) is 3. The summed E-state index contributed by atoms with van der Waals surface area (Å²) in [4.78, 5) is 3.39. The number of rotatable bonds is 1. The molecule has 1 aromatic rings. The van der Waals surface area contributed by atoms with Gasteiger partial charge in [-0.3, -0.25) is 0 Å². The van der Waals surface area contributed by atoms with Gasteiger partial charge in [-0.15, -0.1) is 0 Å². The molecule has 0 unspecified atom stereocenters. The van der Waals surface area contributed by atoms with Crippen LogP contribution in [0.1, 0.15) is 12.5 Å². The lowest BCUT2D eigenvalue weighted by molar-refractivity contribution is 0.583. The van der Waals surface area contributed by atoms with Crippen molar-refractivity contribution in [2.75, 3.05) is 0 Å². The fourth-order valence-corrected chi connectivity index (χ4v) is 0.702. The number of aromatic nitrogens is 1. The summed E-state index contributed by atoms with van der Waals surface area (Å²) in [5.74, 6) is 4.48. The number of nitrogens with two attached hydrogens (primary N) is 1. The van der Waals surface area contributed by atoms with Crippen LogP contribution in [0.3, 0.4) is 0 Å². The third-order valence-corrected chi connectivity index (χ3v) is 1.34. The van der Waals surface area contributed by atoms with Crippen LogP contribution >= 0.6 is 0 Å². The highest BCUT2D eigenvalue weighted by Gasteiger charge is 1.97. The number of hydrazone groups is 1. The van der Waals surface area contributed by atoms with Gasteiger partial charge in [0.1, 0.15) is 0 Å². The zero-order valence-electron chi connectivity index (χ0n) is 6.08. The smallest absolute Gasteiger partial charge is 0.213 e. The van der Waals surface area contributed by atoms with E-state index in [4.69, 9.17) is 5.84 Å². The summed E-state index contributed by atoms with van der Waals surface area (Å²) in [6.45, 7) is 1.70. The first-order valence-corrected chi connectivity index (χ1v) is 3.10. The molecular formula is C7H8FN3. The second-order valence-electron chi connectivity index (χ2n) is 2.08. The highest BCUT2D eigenvalue weighted by molar-refractivity contribution is 5.98. The minimum atomic E-state index is -0.523. The molecule has 11 heavy (non-hydrogen) atoms. The van der Waals surface area contributed by atoms with Gasteiger partial charge in [-0.2, -0.15) is 9.49 Å². The molecule has 0 bridgehead atoms. The van der Waals surface area contributed by atoms with E-state index >= 15 is 0 Å². The molecule has 0 fully saturated rings. The molecule has 0 aliphatic heterocycles. The van der Waals surface area contributed by atoms with Gasteiger partial charge in [0, 0.05) is 17.8 Å². The molecule has 3 nitrogen and oxygen atoms in total. The van der Waals surface area contributed by atoms with Crippen LogP contribution in [0.25, 0.3) is 0 Å². The second kappa shape index (κ2) is 3.09. The monoisotopic (exact) mass is 153 g/mol. The van der Waals surface area contributed by atoms with Crippen molar-refractivity contribution in [2.24, 2.45) is 10.9 Å². The largest absolute Gasteiger partial charge is 0.323 e. The van der Waals surface area contributed by atoms with Crippen molar-refractivity contribution in [3.05, 3.63) is 29.8 Å². The predicted octanol–water partition coefficient (Wildman–Crippen LogP) is 0.903. The Morgan fingerprint density at radius 1 is 1.73 bits per heavy atom. The van der Waals surface area contributed by atoms with Gasteiger partial charge < -0.3 is 5.84 Å². The van der Waals surface area contributed by atoms with E-state index in [0.29, 0.717) is 11.3 Å². The lowest BCUT2D eigenvalue weighted by atomic mass is 10.2. The summed E-state index contributed by atoms with van der Waals surface area (Å²) in [6, 6.07) is 2.93. The fourth-order valence-electron chi connectivity index (χ4n) is 0.702. The Morgan fingerprint density at radius 2 is 2.45 bits per heavy atom. The van der Waals surface area contributed by atoms with Gasteiger partial charge in [-0.1, -0.05) is 0 Å². The van der Waals surface area contributed by atoms with Crippen LogP contribution in [-0.4, -0.2) is 10.7 Å². The topological polar surface area (TPSA) is 51.3 Å². The Labute approximate surface area is 63.8 Å². The van der Waals surface area contributed by atoms with Gasteiger partial charge in [0.15, 0.2) is 0 Å². The maximum Gasteiger partial charge on any atom is 0.213 e. The van der Waals surface area contributed by atoms with Gasteiger partial charge in [-0.05, 0) is 13.0 Å². The van der Waals surface area contributed by atoms with Crippen molar-refractivity contribution in [2.45, 2.75) is 6.92 Å². The summed E-state index contributed by atoms with van der Waals surface area (Å²) >= 11 is 0. The van der Waals surface area contributed by atoms with E-state index in [-0.39, 0.29) is 0 Å². The molecular weight excluding hydrogens is 145 g/mol. The first-order valence-electron chi connectivity index (χ1n) is 3.10. The van der Waals surface area contributed by atoms with E-state index in [1.165, 1.54) is 12.3 Å². The number of halogens is 1. The standard InChI is InChI=1S/C7H8FN3/c1-5(11-9)6-2-3-10-7(8)4-6/h2-4H,9H2,1H3/b11-5-. The molecule has 0 aliphatic rings. The molecule has 0 atom stereocenters. The van der Waals surface area contributed by atoms with Crippen molar-refractivity contribution in [1.29, 1.82) is 0 Å². The minimum absolute atomic E-state index is 0.523. The maximum atomic E-state index is 12.5. The average molecular weight is 153 g/mol. The highest BCUT2D eigenvalue weighted by atomic mass is 19.1. The minimum Gasteiger partial charge on any atom is -0.323 e. The van der Waals surface area contributed by atoms with Crippen LogP contribution in [0.5, 0.6) is 0 Å². The molecule has 4 heteroatoms. The molecule has 0 amide bonds. The molecule has 0 aromatic carbocycles. The lowest BCUT2D eigenvalue weighted by Gasteiger charge is -1.96. The van der Waals surface area contributed by atoms with Crippen LogP contribution < -0.4 is 5.84 Å². The fraction of sp³-hybridized carbons (Fsp3) is 0.143. The second-order valence-corrected chi connectivity index (χ2v) is 2.08. The first-order chi connectivity index (χ1) is 5.24. The first kappa shape index (κ1) is 7.65. The van der Waals surface area contributed by atoms with Crippen molar-refractivity contribution >= 4 is 5.71 Å². The molecule has 0 radical (unpaired) electrons. The van der Waals surface area contributed by atoms with E-state index in [0.717, 1.165) is 0 Å². The molecule has 0 spiro atoms. The zero-order chi connectivity index (χ0) is 8.27. The summed E-state index contributed by atoms with van der Waals surface area (Å²) < 4.78 is 12.5. The Kier molecular flexibility index (Phi) is 2.15. The Bertz CT molecular complexity index is 283. The van der Waals surface area contributed by atoms with Crippen LogP contribution in [-0.2, 0) is 0 Å². The summed E-state index contributed by atoms with van der Waals surface area (Å²) in [6.07, 6.45) is 1.37. The van der Waals surface area contributed by atoms with E-state index in [2.05, 4.69) is 10.1 Å². The van der Waals surface area contributed by atoms with Gasteiger partial charge in [0.25, 0.3) is 0 Å². The van der Waals surface area contributed by atoms with E-state index in [1.54, 1.807) is 13.0 Å². The summed E-state index contributed by atoms with van der Waals surface area (Å²) in [7, 11) is 0. The van der Waals surface area contributed by atoms with E-state index in [1.807, 2.05) is 0 Å². The Morgan fingerprint density at radius 3 is 3.00 bits per heavy atom. The highest BCUT2D eigenvalue weighted by Crippen LogP contribution is 2.00. The molecule has 0 aliphatic carbocycles. The van der Waals surface area contributed by atoms with Crippen molar-refractivity contribution in [3.63, 3.8) is 0 Å². The van der Waals surface area contributed by atoms with Gasteiger partial charge >= 0.3 is 0 Å². The van der Waals surface area contributed by atoms with Crippen LogP contribution in [0.2, 0.25) is 0 Å². The quantitative estimate of drug-likeness (QED) is 0.282. The maximum absolute atomic E-state index is 12.5. The normalized spacial score (nSPS) is 11.6. The Balaban J connectivity index is 3.06. The van der Waals surface area contributed by atoms with Gasteiger partial charge in [0.2, 0.25) is 5.95 Å². The third kappa shape index (κ3) is 1.73. The predicted molar refractivity (Wildman–Crippen MR) is 40.6 cm³/mol. The lowest BCUT2D eigenvalue weighted by Crippen LogP contribution is -1.99. The zero-order valence-corrected chi connectivity index (χ0v) is 6.08. The SMILES string of the molecule is C/C(=N/N)c1ccnc(F)c1. The molecule has 1 heterocycles. The number of nitrogens with zero attached hydrogens (tertiary/aromatic N) is 2. The summed E-state index contributed by atoms with van der Waals surface area (Å²) in [5.41, 5.74) is 1.24. The van der Waals surface area contributed by atoms with Crippen LogP contribution in [0, 0.1) is 5.95 Å². The van der Waals surface area contributed by atoms with Crippen LogP contribution in [0.15, 0.2) is 23.4 Å². The molecule has 0 saturated carbocycles. The Hall–Kier alpha value is -1.45. The molecule has 0 saturated heterocycles. The molecule has 1 aromatic heterocycles. The summed E-state index contributed by atoms with van der Waals surface area (Å²) in [5, 5.41) is 3.42. The molecule has 1 rings (SSSR count). The average Bonchev–Trinajstić information content (AvgIpc) is 2.03. The van der Waals surface area contributed by atoms with Gasteiger partial charge in [0.05, 0.1) is 5.71 Å². The number of hydrogen-bond donors (Lipinski definition) is 1. The van der Waals surface area contributed by atoms with Crippen LogP contribution in [0.4, 0.5) is 4.39 Å². The third-order valence-electron chi connectivity index (χ3n) is 1.34. The number of pyridine rings is 1. The van der Waals surface area contributed by atoms with Crippen molar-refractivity contribution in [1.82, 2.24) is 4.98 Å². The molecule has 2 N–H and O–H groups in total. The van der Waals surface area contributed by atoms with Gasteiger partial charge in [-0.25, -0.2) is 4.98 Å². The van der Waals surface area contributed by atoms with E-state index in [9.17, 15) is 4.39 Å². The molecule has 58 valence electrons. The van der Waals surface area contributed by atoms with Crippen molar-refractivity contribution in [3.8, 4) is 0 Å². The van der Waals surface area contributed by atoms with E-state index < -0.39 is 5.95 Å².